The minimum absolute atomic E-state index is 0.0760. The molecule has 0 aliphatic rings. The molecule has 0 unspecified atom stereocenters. The van der Waals surface area contributed by atoms with Crippen LogP contribution in [0, 0.1) is 6.92 Å². The van der Waals surface area contributed by atoms with Gasteiger partial charge in [0.2, 0.25) is 5.76 Å². The third-order valence-electron chi connectivity index (χ3n) is 2.69. The first-order valence-corrected chi connectivity index (χ1v) is 7.03. The van der Waals surface area contributed by atoms with Gasteiger partial charge >= 0.3 is 5.97 Å². The number of halogens is 2. The molecule has 0 radical (unpaired) electrons. The Hall–Kier alpha value is -2.05. The van der Waals surface area contributed by atoms with E-state index in [1.54, 1.807) is 25.1 Å². The summed E-state index contributed by atoms with van der Waals surface area (Å²) in [6.45, 7) is 3.08. The zero-order valence-electron chi connectivity index (χ0n) is 11.7. The lowest BCUT2D eigenvalue weighted by molar-refractivity contribution is -0.123. The summed E-state index contributed by atoms with van der Waals surface area (Å²) in [5.41, 5.74) is 0.793. The van der Waals surface area contributed by atoms with Crippen molar-refractivity contribution in [3.8, 4) is 0 Å². The van der Waals surface area contributed by atoms with Crippen LogP contribution in [0.5, 0.6) is 0 Å². The Labute approximate surface area is 136 Å². The third-order valence-corrected chi connectivity index (χ3v) is 3.32. The number of carbonyl (C=O) groups is 2. The first-order valence-electron chi connectivity index (χ1n) is 6.27. The van der Waals surface area contributed by atoms with Gasteiger partial charge in [-0.1, -0.05) is 34.4 Å². The lowest BCUT2D eigenvalue weighted by Crippen LogP contribution is -2.30. The number of aromatic nitrogens is 1. The average Bonchev–Trinajstić information content (AvgIpc) is 2.89. The number of nitrogens with zero attached hydrogens (tertiary/aromatic N) is 1. The van der Waals surface area contributed by atoms with Crippen molar-refractivity contribution >= 4 is 40.8 Å². The van der Waals surface area contributed by atoms with Crippen molar-refractivity contribution < 1.29 is 18.8 Å². The van der Waals surface area contributed by atoms with Gasteiger partial charge in [-0.05, 0) is 26.0 Å². The van der Waals surface area contributed by atoms with Crippen LogP contribution in [0.2, 0.25) is 10.0 Å². The highest BCUT2D eigenvalue weighted by atomic mass is 35.5. The number of hydrogen-bond donors (Lipinski definition) is 1. The summed E-state index contributed by atoms with van der Waals surface area (Å²) in [6.07, 6.45) is -1.06. The second-order valence-corrected chi connectivity index (χ2v) is 5.28. The molecule has 8 heteroatoms. The molecule has 0 saturated heterocycles. The van der Waals surface area contributed by atoms with E-state index in [9.17, 15) is 9.59 Å². The molecule has 0 spiro atoms. The maximum absolute atomic E-state index is 12.0. The topological polar surface area (TPSA) is 81.4 Å². The molecule has 6 nitrogen and oxygen atoms in total. The Balaban J connectivity index is 2.02. The molecule has 0 saturated carbocycles. The fourth-order valence-electron chi connectivity index (χ4n) is 1.57. The molecule has 0 aliphatic carbocycles. The Morgan fingerprint density at radius 3 is 2.50 bits per heavy atom. The van der Waals surface area contributed by atoms with E-state index in [1.807, 2.05) is 0 Å². The van der Waals surface area contributed by atoms with Crippen molar-refractivity contribution in [3.05, 3.63) is 45.8 Å². The summed E-state index contributed by atoms with van der Waals surface area (Å²) < 4.78 is 9.76. The Morgan fingerprint density at radius 2 is 1.95 bits per heavy atom. The molecule has 1 aromatic carbocycles. The predicted molar refractivity (Wildman–Crippen MR) is 81.2 cm³/mol. The normalized spacial score (nSPS) is 11.8. The minimum Gasteiger partial charge on any atom is -0.447 e. The highest BCUT2D eigenvalue weighted by Gasteiger charge is 2.22. The van der Waals surface area contributed by atoms with Crippen LogP contribution in [0.15, 0.2) is 28.8 Å². The maximum atomic E-state index is 12.0. The van der Waals surface area contributed by atoms with E-state index in [4.69, 9.17) is 32.5 Å². The van der Waals surface area contributed by atoms with E-state index in [1.165, 1.54) is 13.0 Å². The van der Waals surface area contributed by atoms with Gasteiger partial charge < -0.3 is 14.6 Å². The number of aryl methyl sites for hydroxylation is 1. The number of hydrogen-bond acceptors (Lipinski definition) is 5. The summed E-state index contributed by atoms with van der Waals surface area (Å²) in [5.74, 6) is -1.43. The van der Waals surface area contributed by atoms with Gasteiger partial charge in [-0.3, -0.25) is 4.79 Å². The Kier molecular flexibility index (Phi) is 5.05. The van der Waals surface area contributed by atoms with E-state index < -0.39 is 18.0 Å². The van der Waals surface area contributed by atoms with Crippen molar-refractivity contribution in [2.24, 2.45) is 0 Å². The maximum Gasteiger partial charge on any atom is 0.377 e. The van der Waals surface area contributed by atoms with Gasteiger partial charge in [0.15, 0.2) is 6.10 Å². The molecule has 2 rings (SSSR count). The van der Waals surface area contributed by atoms with Crippen LogP contribution in [0.25, 0.3) is 0 Å². The van der Waals surface area contributed by atoms with Crippen LogP contribution in [0.1, 0.15) is 23.2 Å². The van der Waals surface area contributed by atoms with Crippen molar-refractivity contribution in [3.63, 3.8) is 0 Å². The van der Waals surface area contributed by atoms with Crippen molar-refractivity contribution in [1.29, 1.82) is 0 Å². The predicted octanol–water partition coefficient (Wildman–Crippen LogP) is 3.47. The highest BCUT2D eigenvalue weighted by Crippen LogP contribution is 2.29. The third kappa shape index (κ3) is 3.78. The zero-order valence-corrected chi connectivity index (χ0v) is 13.2. The minimum atomic E-state index is -1.06. The SMILES string of the molecule is Cc1cc(C(=O)O[C@@H](C)C(=O)Nc2c(Cl)cccc2Cl)on1. The first kappa shape index (κ1) is 16.3. The largest absolute Gasteiger partial charge is 0.447 e. The van der Waals surface area contributed by atoms with Gasteiger partial charge in [0.05, 0.1) is 21.4 Å². The van der Waals surface area contributed by atoms with Crippen molar-refractivity contribution in [1.82, 2.24) is 5.16 Å². The average molecular weight is 343 g/mol. The van der Waals surface area contributed by atoms with E-state index in [-0.39, 0.29) is 21.5 Å². The number of amides is 1. The number of anilines is 1. The van der Waals surface area contributed by atoms with Crippen LogP contribution in [0.3, 0.4) is 0 Å². The molecule has 0 fully saturated rings. The monoisotopic (exact) mass is 342 g/mol. The summed E-state index contributed by atoms with van der Waals surface area (Å²) >= 11 is 11.9. The zero-order chi connectivity index (χ0) is 16.3. The number of para-hydroxylation sites is 1. The molecule has 22 heavy (non-hydrogen) atoms. The molecule has 1 amide bonds. The van der Waals surface area contributed by atoms with E-state index in [2.05, 4.69) is 10.5 Å². The second kappa shape index (κ2) is 6.81. The number of benzene rings is 1. The lowest BCUT2D eigenvalue weighted by atomic mass is 10.3. The molecule has 1 N–H and O–H groups in total. The summed E-state index contributed by atoms with van der Waals surface area (Å²) in [4.78, 5) is 23.8. The lowest BCUT2D eigenvalue weighted by Gasteiger charge is -2.14. The molecule has 1 heterocycles. The summed E-state index contributed by atoms with van der Waals surface area (Å²) in [5, 5.41) is 6.65. The molecular formula is C14H12Cl2N2O4. The molecule has 1 atom stereocenters. The molecular weight excluding hydrogens is 331 g/mol. The number of esters is 1. The van der Waals surface area contributed by atoms with Gasteiger partial charge in [-0.2, -0.15) is 0 Å². The van der Waals surface area contributed by atoms with Gasteiger partial charge in [-0.25, -0.2) is 4.79 Å². The van der Waals surface area contributed by atoms with Crippen LogP contribution < -0.4 is 5.32 Å². The first-order chi connectivity index (χ1) is 10.4. The fourth-order valence-corrected chi connectivity index (χ4v) is 2.07. The Morgan fingerprint density at radius 1 is 1.32 bits per heavy atom. The van der Waals surface area contributed by atoms with E-state index in [0.29, 0.717) is 5.69 Å². The Bertz CT molecular complexity index is 694. The quantitative estimate of drug-likeness (QED) is 0.860. The van der Waals surface area contributed by atoms with Crippen LogP contribution in [-0.4, -0.2) is 23.1 Å². The molecule has 0 bridgehead atoms. The smallest absolute Gasteiger partial charge is 0.377 e. The van der Waals surface area contributed by atoms with Crippen LogP contribution >= 0.6 is 23.2 Å². The number of nitrogens with one attached hydrogen (secondary N) is 1. The van der Waals surface area contributed by atoms with Crippen LogP contribution in [-0.2, 0) is 9.53 Å². The van der Waals surface area contributed by atoms with Crippen LogP contribution in [0.4, 0.5) is 5.69 Å². The van der Waals surface area contributed by atoms with Gasteiger partial charge in [0, 0.05) is 6.07 Å². The van der Waals surface area contributed by atoms with Gasteiger partial charge in [0.1, 0.15) is 0 Å². The van der Waals surface area contributed by atoms with Crippen molar-refractivity contribution in [2.45, 2.75) is 20.0 Å². The van der Waals surface area contributed by atoms with Gasteiger partial charge in [0.25, 0.3) is 5.91 Å². The molecule has 116 valence electrons. The highest BCUT2D eigenvalue weighted by molar-refractivity contribution is 6.39. The van der Waals surface area contributed by atoms with Gasteiger partial charge in [-0.15, -0.1) is 0 Å². The number of rotatable bonds is 4. The van der Waals surface area contributed by atoms with Crippen molar-refractivity contribution in [2.75, 3.05) is 5.32 Å². The molecule has 1 aromatic heterocycles. The molecule has 0 aliphatic heterocycles. The van der Waals surface area contributed by atoms with E-state index >= 15 is 0 Å². The number of carbonyl (C=O) groups excluding carboxylic acids is 2. The fraction of sp³-hybridized carbons (Fsp3) is 0.214. The molecule has 2 aromatic rings. The standard InChI is InChI=1S/C14H12Cl2N2O4/c1-7-6-11(22-18-7)14(20)21-8(2)13(19)17-12-9(15)4-3-5-10(12)16/h3-6,8H,1-2H3,(H,17,19)/t8-/m0/s1. The summed E-state index contributed by atoms with van der Waals surface area (Å²) in [7, 11) is 0. The summed E-state index contributed by atoms with van der Waals surface area (Å²) in [6, 6.07) is 6.22. The second-order valence-electron chi connectivity index (χ2n) is 4.47. The number of ether oxygens (including phenoxy) is 1. The van der Waals surface area contributed by atoms with E-state index in [0.717, 1.165) is 0 Å².